The molecule has 0 radical (unpaired) electrons. The number of rotatable bonds is 5. The molecule has 1 amide bonds. The molecular weight excluding hydrogens is 428 g/mol. The van der Waals surface area contributed by atoms with E-state index in [0.717, 1.165) is 4.90 Å². The highest BCUT2D eigenvalue weighted by atomic mass is 16.5. The first-order valence-corrected chi connectivity index (χ1v) is 9.92. The van der Waals surface area contributed by atoms with Crippen LogP contribution >= 0.6 is 0 Å². The molecule has 4 rings (SSSR count). The van der Waals surface area contributed by atoms with Crippen LogP contribution in [0.15, 0.2) is 64.7 Å². The number of nitrogens with zero attached hydrogens (tertiary/aromatic N) is 2. The molecule has 0 unspecified atom stereocenters. The van der Waals surface area contributed by atoms with Gasteiger partial charge in [-0.15, -0.1) is 0 Å². The molecule has 1 N–H and O–H groups in total. The third-order valence-electron chi connectivity index (χ3n) is 5.30. The average Bonchev–Trinajstić information content (AvgIpc) is 3.38. The molecule has 0 bridgehead atoms. The summed E-state index contributed by atoms with van der Waals surface area (Å²) in [5.74, 6) is -1.59. The van der Waals surface area contributed by atoms with Gasteiger partial charge in [-0.1, -0.05) is 29.4 Å². The highest BCUT2D eigenvalue weighted by Gasteiger charge is 2.48. The summed E-state index contributed by atoms with van der Waals surface area (Å²) in [4.78, 5) is 39.1. The highest BCUT2D eigenvalue weighted by Crippen LogP contribution is 2.42. The van der Waals surface area contributed by atoms with Crippen molar-refractivity contribution in [3.05, 3.63) is 82.6 Å². The molecule has 2 aromatic carbocycles. The van der Waals surface area contributed by atoms with Crippen LogP contribution in [0.1, 0.15) is 33.3 Å². The maximum absolute atomic E-state index is 13.1. The number of ketones is 1. The molecule has 1 aliphatic rings. The number of esters is 1. The van der Waals surface area contributed by atoms with Gasteiger partial charge in [0.2, 0.25) is 0 Å². The monoisotopic (exact) mass is 448 g/mol. The fourth-order valence-electron chi connectivity index (χ4n) is 3.70. The molecule has 1 aromatic heterocycles. The summed E-state index contributed by atoms with van der Waals surface area (Å²) >= 11 is 0. The molecule has 9 nitrogen and oxygen atoms in total. The van der Waals surface area contributed by atoms with Crippen molar-refractivity contribution in [2.45, 2.75) is 13.0 Å². The highest BCUT2D eigenvalue weighted by molar-refractivity contribution is 6.51. The van der Waals surface area contributed by atoms with Crippen LogP contribution in [0.4, 0.5) is 5.82 Å². The van der Waals surface area contributed by atoms with E-state index in [0.29, 0.717) is 28.2 Å². The topological polar surface area (TPSA) is 119 Å². The number of ether oxygens (including phenoxy) is 2. The Kier molecular flexibility index (Phi) is 5.70. The average molecular weight is 448 g/mol. The first-order valence-electron chi connectivity index (χ1n) is 9.92. The lowest BCUT2D eigenvalue weighted by molar-refractivity contribution is -0.132. The van der Waals surface area contributed by atoms with Crippen molar-refractivity contribution in [2.75, 3.05) is 19.1 Å². The zero-order chi connectivity index (χ0) is 23.7. The van der Waals surface area contributed by atoms with E-state index >= 15 is 0 Å². The van der Waals surface area contributed by atoms with Gasteiger partial charge in [-0.2, -0.15) is 0 Å². The van der Waals surface area contributed by atoms with Crippen LogP contribution in [0.5, 0.6) is 5.75 Å². The summed E-state index contributed by atoms with van der Waals surface area (Å²) in [5, 5.41) is 15.0. The van der Waals surface area contributed by atoms with Crippen LogP contribution in [0.25, 0.3) is 5.76 Å². The third kappa shape index (κ3) is 3.84. The van der Waals surface area contributed by atoms with Crippen LogP contribution in [-0.4, -0.2) is 42.1 Å². The summed E-state index contributed by atoms with van der Waals surface area (Å²) < 4.78 is 15.0. The third-order valence-corrected chi connectivity index (χ3v) is 5.30. The molecular formula is C24H20N2O7. The van der Waals surface area contributed by atoms with Gasteiger partial charge < -0.3 is 19.1 Å². The van der Waals surface area contributed by atoms with E-state index < -0.39 is 23.7 Å². The van der Waals surface area contributed by atoms with Gasteiger partial charge in [0.25, 0.3) is 5.78 Å². The van der Waals surface area contributed by atoms with Gasteiger partial charge in [-0.3, -0.25) is 14.5 Å². The number of hydrogen-bond acceptors (Lipinski definition) is 8. The van der Waals surface area contributed by atoms with E-state index in [1.54, 1.807) is 43.3 Å². The number of benzene rings is 2. The first kappa shape index (κ1) is 21.8. The largest absolute Gasteiger partial charge is 0.507 e. The molecule has 1 aliphatic heterocycles. The molecule has 33 heavy (non-hydrogen) atoms. The van der Waals surface area contributed by atoms with E-state index in [9.17, 15) is 19.5 Å². The normalized spacial score (nSPS) is 17.3. The van der Waals surface area contributed by atoms with Crippen molar-refractivity contribution < 1.29 is 33.5 Å². The number of aliphatic hydroxyl groups is 1. The Morgan fingerprint density at radius 1 is 1.06 bits per heavy atom. The Morgan fingerprint density at radius 3 is 2.39 bits per heavy atom. The SMILES string of the molecule is COC(=O)c1ccc([C@H]2C(=C(O)c3cccc(OC)c3)C(=O)C(=O)N2c2cc(C)on2)cc1. The van der Waals surface area contributed by atoms with E-state index in [-0.39, 0.29) is 17.2 Å². The number of aromatic nitrogens is 1. The Balaban J connectivity index is 1.91. The van der Waals surface area contributed by atoms with E-state index in [4.69, 9.17) is 14.0 Å². The number of hydrogen-bond donors (Lipinski definition) is 1. The molecule has 168 valence electrons. The van der Waals surface area contributed by atoms with Crippen LogP contribution in [0.3, 0.4) is 0 Å². The molecule has 2 heterocycles. The summed E-state index contributed by atoms with van der Waals surface area (Å²) in [5.41, 5.74) is 0.954. The Morgan fingerprint density at radius 2 is 1.79 bits per heavy atom. The maximum Gasteiger partial charge on any atom is 0.337 e. The van der Waals surface area contributed by atoms with E-state index in [2.05, 4.69) is 5.16 Å². The van der Waals surface area contributed by atoms with Crippen molar-refractivity contribution in [2.24, 2.45) is 0 Å². The zero-order valence-corrected chi connectivity index (χ0v) is 18.1. The summed E-state index contributed by atoms with van der Waals surface area (Å²) in [6, 6.07) is 13.2. The predicted octanol–water partition coefficient (Wildman–Crippen LogP) is 3.40. The number of Topliss-reactive ketones (excluding diaryl/α,β-unsaturated/α-hetero) is 1. The summed E-state index contributed by atoms with van der Waals surface area (Å²) in [6.07, 6.45) is 0. The van der Waals surface area contributed by atoms with E-state index in [1.807, 2.05) is 0 Å². The Hall–Kier alpha value is -4.40. The molecule has 1 atom stereocenters. The van der Waals surface area contributed by atoms with Crippen molar-refractivity contribution in [1.29, 1.82) is 0 Å². The Labute approximate surface area is 188 Å². The smallest absolute Gasteiger partial charge is 0.337 e. The number of amides is 1. The number of carbonyl (C=O) groups is 3. The second-order valence-corrected chi connectivity index (χ2v) is 7.31. The minimum Gasteiger partial charge on any atom is -0.507 e. The predicted molar refractivity (Wildman–Crippen MR) is 117 cm³/mol. The molecule has 1 saturated heterocycles. The quantitative estimate of drug-likeness (QED) is 0.273. The molecule has 0 aliphatic carbocycles. The first-order chi connectivity index (χ1) is 15.8. The van der Waals surface area contributed by atoms with Crippen LogP contribution in [0, 0.1) is 6.92 Å². The molecule has 3 aromatic rings. The number of carbonyl (C=O) groups excluding carboxylic acids is 3. The van der Waals surface area contributed by atoms with Gasteiger partial charge in [0, 0.05) is 11.6 Å². The molecule has 1 fully saturated rings. The van der Waals surface area contributed by atoms with Gasteiger partial charge in [0.05, 0.1) is 31.4 Å². The fourth-order valence-corrected chi connectivity index (χ4v) is 3.70. The van der Waals surface area contributed by atoms with Crippen LogP contribution in [-0.2, 0) is 14.3 Å². The van der Waals surface area contributed by atoms with Crippen molar-refractivity contribution >= 4 is 29.2 Å². The number of aliphatic hydroxyl groups excluding tert-OH is 1. The van der Waals surface area contributed by atoms with Gasteiger partial charge in [0.1, 0.15) is 17.3 Å². The van der Waals surface area contributed by atoms with Crippen molar-refractivity contribution in [3.63, 3.8) is 0 Å². The van der Waals surface area contributed by atoms with Crippen LogP contribution < -0.4 is 9.64 Å². The Bertz CT molecular complexity index is 1270. The minimum atomic E-state index is -1.01. The van der Waals surface area contributed by atoms with Crippen molar-refractivity contribution in [1.82, 2.24) is 5.16 Å². The number of methoxy groups -OCH3 is 2. The van der Waals surface area contributed by atoms with Gasteiger partial charge in [0.15, 0.2) is 5.82 Å². The van der Waals surface area contributed by atoms with Gasteiger partial charge >= 0.3 is 11.9 Å². The second-order valence-electron chi connectivity index (χ2n) is 7.31. The lowest BCUT2D eigenvalue weighted by Crippen LogP contribution is -2.29. The zero-order valence-electron chi connectivity index (χ0n) is 18.1. The minimum absolute atomic E-state index is 0.125. The van der Waals surface area contributed by atoms with Crippen molar-refractivity contribution in [3.8, 4) is 5.75 Å². The lowest BCUT2D eigenvalue weighted by Gasteiger charge is -2.23. The molecule has 0 spiro atoms. The van der Waals surface area contributed by atoms with Gasteiger partial charge in [-0.25, -0.2) is 4.79 Å². The molecule has 9 heteroatoms. The van der Waals surface area contributed by atoms with Gasteiger partial charge in [-0.05, 0) is 36.8 Å². The maximum atomic E-state index is 13.1. The standard InChI is InChI=1S/C24H20N2O7/c1-13-11-18(25-33-13)26-20(14-7-9-15(10-8-14)24(30)32-3)19(22(28)23(26)29)21(27)16-5-4-6-17(12-16)31-2/h4-12,20,27H,1-3H3/t20-/m0/s1. The van der Waals surface area contributed by atoms with Crippen LogP contribution in [0.2, 0.25) is 0 Å². The van der Waals surface area contributed by atoms with E-state index in [1.165, 1.54) is 32.4 Å². The summed E-state index contributed by atoms with van der Waals surface area (Å²) in [6.45, 7) is 1.66. The second kappa shape index (κ2) is 8.62. The molecule has 0 saturated carbocycles. The number of aryl methyl sites for hydroxylation is 1. The lowest BCUT2D eigenvalue weighted by atomic mass is 9.94. The fraction of sp³-hybridized carbons (Fsp3) is 0.167. The summed E-state index contributed by atoms with van der Waals surface area (Å²) in [7, 11) is 2.75. The number of anilines is 1.